The van der Waals surface area contributed by atoms with Crippen LogP contribution in [0.25, 0.3) is 0 Å². The number of aromatic amines is 1. The van der Waals surface area contributed by atoms with Crippen LogP contribution < -0.4 is 0 Å². The summed E-state index contributed by atoms with van der Waals surface area (Å²) in [6.07, 6.45) is 7.68. The molecule has 2 aromatic rings. The van der Waals surface area contributed by atoms with Crippen molar-refractivity contribution >= 4 is 11.8 Å². The minimum Gasteiger partial charge on any atom is -0.339 e. The van der Waals surface area contributed by atoms with Gasteiger partial charge in [0.2, 0.25) is 11.8 Å². The highest BCUT2D eigenvalue weighted by Crippen LogP contribution is 2.25. The summed E-state index contributed by atoms with van der Waals surface area (Å²) in [4.78, 5) is 33.1. The summed E-state index contributed by atoms with van der Waals surface area (Å²) in [5, 5.41) is 7.63. The second kappa shape index (κ2) is 8.12. The maximum absolute atomic E-state index is 12.9. The molecule has 4 rings (SSSR count). The zero-order valence-electron chi connectivity index (χ0n) is 16.4. The van der Waals surface area contributed by atoms with E-state index in [0.29, 0.717) is 19.6 Å². The Morgan fingerprint density at radius 3 is 2.96 bits per heavy atom. The number of fused-ring (bicyclic) bond motifs is 1. The SMILES string of the molecule is CN(Cc1n[nH]c2c1CCCCC2)C(=O)[C@@H]1CC(=O)N(Cc2ccccn2)C1. The second-order valence-electron chi connectivity index (χ2n) is 7.88. The maximum Gasteiger partial charge on any atom is 0.228 e. The van der Waals surface area contributed by atoms with Gasteiger partial charge in [0, 0.05) is 31.9 Å². The zero-order chi connectivity index (χ0) is 19.5. The Bertz CT molecular complexity index is 848. The van der Waals surface area contributed by atoms with E-state index in [1.54, 1.807) is 16.0 Å². The number of hydrogen-bond acceptors (Lipinski definition) is 4. The average molecular weight is 381 g/mol. The van der Waals surface area contributed by atoms with Crippen molar-refractivity contribution in [3.8, 4) is 0 Å². The molecule has 1 atom stereocenters. The van der Waals surface area contributed by atoms with Gasteiger partial charge < -0.3 is 9.80 Å². The van der Waals surface area contributed by atoms with Crippen LogP contribution in [0.3, 0.4) is 0 Å². The molecule has 3 heterocycles. The summed E-state index contributed by atoms with van der Waals surface area (Å²) in [6.45, 7) is 1.41. The number of nitrogens with zero attached hydrogens (tertiary/aromatic N) is 4. The van der Waals surface area contributed by atoms with Gasteiger partial charge in [0.25, 0.3) is 0 Å². The molecule has 148 valence electrons. The highest BCUT2D eigenvalue weighted by atomic mass is 16.2. The molecular weight excluding hydrogens is 354 g/mol. The van der Waals surface area contributed by atoms with E-state index in [9.17, 15) is 9.59 Å². The Hall–Kier alpha value is -2.70. The lowest BCUT2D eigenvalue weighted by Crippen LogP contribution is -2.34. The van der Waals surface area contributed by atoms with Gasteiger partial charge in [0.15, 0.2) is 0 Å². The Balaban J connectivity index is 1.38. The Morgan fingerprint density at radius 2 is 2.14 bits per heavy atom. The predicted octanol–water partition coefficient (Wildman–Crippen LogP) is 2.08. The van der Waals surface area contributed by atoms with E-state index in [0.717, 1.165) is 24.2 Å². The van der Waals surface area contributed by atoms with Crippen molar-refractivity contribution in [1.82, 2.24) is 25.0 Å². The van der Waals surface area contributed by atoms with Crippen LogP contribution in [0.1, 0.15) is 48.3 Å². The van der Waals surface area contributed by atoms with Crippen LogP contribution in [0, 0.1) is 5.92 Å². The van der Waals surface area contributed by atoms with Crippen LogP contribution in [0.2, 0.25) is 0 Å². The molecule has 1 N–H and O–H groups in total. The Labute approximate surface area is 165 Å². The summed E-state index contributed by atoms with van der Waals surface area (Å²) in [5.74, 6) is -0.257. The van der Waals surface area contributed by atoms with Crippen LogP contribution in [0.5, 0.6) is 0 Å². The number of rotatable bonds is 5. The molecule has 7 nitrogen and oxygen atoms in total. The molecule has 1 fully saturated rings. The normalized spacial score (nSPS) is 19.4. The van der Waals surface area contributed by atoms with Crippen molar-refractivity contribution in [3.05, 3.63) is 47.0 Å². The predicted molar refractivity (Wildman–Crippen MR) is 104 cm³/mol. The third-order valence-electron chi connectivity index (χ3n) is 5.80. The average Bonchev–Trinajstić information content (AvgIpc) is 3.16. The molecule has 1 saturated heterocycles. The first-order valence-electron chi connectivity index (χ1n) is 10.1. The summed E-state index contributed by atoms with van der Waals surface area (Å²) in [6, 6.07) is 5.66. The molecule has 2 amide bonds. The standard InChI is InChI=1S/C21H27N5O2/c1-25(14-19-17-8-3-2-4-9-18(17)23-24-19)21(28)15-11-20(27)26(12-15)13-16-7-5-6-10-22-16/h5-7,10,15H,2-4,8-9,11-14H2,1H3,(H,23,24)/t15-/m1/s1. The largest absolute Gasteiger partial charge is 0.339 e. The van der Waals surface area contributed by atoms with E-state index in [1.165, 1.54) is 30.5 Å². The van der Waals surface area contributed by atoms with Crippen LogP contribution in [0.4, 0.5) is 0 Å². The van der Waals surface area contributed by atoms with Crippen molar-refractivity contribution in [2.75, 3.05) is 13.6 Å². The van der Waals surface area contributed by atoms with Crippen molar-refractivity contribution in [2.45, 2.75) is 51.6 Å². The smallest absolute Gasteiger partial charge is 0.228 e. The van der Waals surface area contributed by atoms with Gasteiger partial charge in [-0.2, -0.15) is 5.10 Å². The van der Waals surface area contributed by atoms with Gasteiger partial charge in [0.1, 0.15) is 0 Å². The molecule has 1 aliphatic heterocycles. The lowest BCUT2D eigenvalue weighted by molar-refractivity contribution is -0.135. The summed E-state index contributed by atoms with van der Waals surface area (Å²) >= 11 is 0. The first-order valence-corrected chi connectivity index (χ1v) is 10.1. The van der Waals surface area contributed by atoms with Crippen molar-refractivity contribution in [2.24, 2.45) is 5.92 Å². The number of aryl methyl sites for hydroxylation is 1. The number of pyridine rings is 1. The van der Waals surface area contributed by atoms with Gasteiger partial charge in [0.05, 0.1) is 30.4 Å². The minimum atomic E-state index is -0.293. The van der Waals surface area contributed by atoms with Crippen molar-refractivity contribution in [3.63, 3.8) is 0 Å². The lowest BCUT2D eigenvalue weighted by atomic mass is 10.1. The third-order valence-corrected chi connectivity index (χ3v) is 5.80. The molecule has 0 radical (unpaired) electrons. The molecule has 0 aromatic carbocycles. The molecule has 7 heteroatoms. The number of carbonyl (C=O) groups is 2. The number of H-pyrrole nitrogens is 1. The third kappa shape index (κ3) is 3.93. The van der Waals surface area contributed by atoms with Gasteiger partial charge in [-0.1, -0.05) is 12.5 Å². The highest BCUT2D eigenvalue weighted by molar-refractivity contribution is 5.89. The van der Waals surface area contributed by atoms with E-state index in [4.69, 9.17) is 0 Å². The second-order valence-corrected chi connectivity index (χ2v) is 7.88. The molecular formula is C21H27N5O2. The molecule has 0 bridgehead atoms. The number of nitrogens with one attached hydrogen (secondary N) is 1. The molecule has 2 aliphatic rings. The van der Waals surface area contributed by atoms with Gasteiger partial charge >= 0.3 is 0 Å². The molecule has 0 unspecified atom stereocenters. The summed E-state index contributed by atoms with van der Waals surface area (Å²) < 4.78 is 0. The van der Waals surface area contributed by atoms with Crippen LogP contribution in [0.15, 0.2) is 24.4 Å². The van der Waals surface area contributed by atoms with E-state index in [1.807, 2.05) is 25.2 Å². The summed E-state index contributed by atoms with van der Waals surface area (Å²) in [5.41, 5.74) is 4.33. The lowest BCUT2D eigenvalue weighted by Gasteiger charge is -2.21. The van der Waals surface area contributed by atoms with E-state index in [2.05, 4.69) is 15.2 Å². The van der Waals surface area contributed by atoms with Gasteiger partial charge in [-0.25, -0.2) is 0 Å². The van der Waals surface area contributed by atoms with Crippen LogP contribution >= 0.6 is 0 Å². The van der Waals surface area contributed by atoms with Crippen LogP contribution in [-0.2, 0) is 35.5 Å². The van der Waals surface area contributed by atoms with Crippen molar-refractivity contribution < 1.29 is 9.59 Å². The molecule has 0 saturated carbocycles. The number of amides is 2. The van der Waals surface area contributed by atoms with E-state index < -0.39 is 0 Å². The van der Waals surface area contributed by atoms with E-state index in [-0.39, 0.29) is 24.2 Å². The number of aromatic nitrogens is 3. The Kier molecular flexibility index (Phi) is 5.41. The molecule has 28 heavy (non-hydrogen) atoms. The molecule has 1 aliphatic carbocycles. The summed E-state index contributed by atoms with van der Waals surface area (Å²) in [7, 11) is 1.81. The van der Waals surface area contributed by atoms with E-state index >= 15 is 0 Å². The topological polar surface area (TPSA) is 82.2 Å². The quantitative estimate of drug-likeness (QED) is 0.804. The fourth-order valence-corrected chi connectivity index (χ4v) is 4.25. The number of hydrogen-bond donors (Lipinski definition) is 1. The van der Waals surface area contributed by atoms with Crippen molar-refractivity contribution in [1.29, 1.82) is 0 Å². The number of likely N-dealkylation sites (tertiary alicyclic amines) is 1. The fraction of sp³-hybridized carbons (Fsp3) is 0.524. The molecule has 2 aromatic heterocycles. The monoisotopic (exact) mass is 381 g/mol. The zero-order valence-corrected chi connectivity index (χ0v) is 16.4. The fourth-order valence-electron chi connectivity index (χ4n) is 4.25. The first kappa shape index (κ1) is 18.7. The van der Waals surface area contributed by atoms with Gasteiger partial charge in [-0.3, -0.25) is 19.7 Å². The first-order chi connectivity index (χ1) is 13.6. The Morgan fingerprint density at radius 1 is 1.29 bits per heavy atom. The van der Waals surface area contributed by atoms with Gasteiger partial charge in [-0.15, -0.1) is 0 Å². The molecule has 0 spiro atoms. The van der Waals surface area contributed by atoms with Gasteiger partial charge in [-0.05, 0) is 43.4 Å². The van der Waals surface area contributed by atoms with Crippen LogP contribution in [-0.4, -0.2) is 50.4 Å². The maximum atomic E-state index is 12.9. The highest BCUT2D eigenvalue weighted by Gasteiger charge is 2.36. The minimum absolute atomic E-state index is 0.0160. The number of carbonyl (C=O) groups excluding carboxylic acids is 2.